The van der Waals surface area contributed by atoms with E-state index in [2.05, 4.69) is 0 Å². The summed E-state index contributed by atoms with van der Waals surface area (Å²) in [5.41, 5.74) is 3.19. The lowest BCUT2D eigenvalue weighted by Gasteiger charge is -2.28. The minimum Gasteiger partial charge on any atom is -0.427 e. The van der Waals surface area contributed by atoms with E-state index in [0.717, 1.165) is 20.9 Å². The first-order chi connectivity index (χ1) is 17.4. The van der Waals surface area contributed by atoms with Gasteiger partial charge in [-0.2, -0.15) is 4.31 Å². The summed E-state index contributed by atoms with van der Waals surface area (Å²) in [6.45, 7) is 8.47. The van der Waals surface area contributed by atoms with Gasteiger partial charge >= 0.3 is 5.97 Å². The van der Waals surface area contributed by atoms with Crippen LogP contribution in [-0.2, 0) is 31.0 Å². The third-order valence-electron chi connectivity index (χ3n) is 6.58. The summed E-state index contributed by atoms with van der Waals surface area (Å²) in [6, 6.07) is 10.3. The normalized spacial score (nSPS) is 16.1. The van der Waals surface area contributed by atoms with Crippen molar-refractivity contribution in [2.45, 2.75) is 58.5 Å². The zero-order valence-corrected chi connectivity index (χ0v) is 22.9. The zero-order valence-electron chi connectivity index (χ0n) is 21.3. The van der Waals surface area contributed by atoms with Crippen LogP contribution in [0.1, 0.15) is 40.5 Å². The molecule has 2 aromatic carbocycles. The van der Waals surface area contributed by atoms with E-state index in [1.807, 2.05) is 31.4 Å². The van der Waals surface area contributed by atoms with Gasteiger partial charge in [0.25, 0.3) is 5.91 Å². The highest BCUT2D eigenvalue weighted by Gasteiger charge is 2.47. The first-order valence-corrected chi connectivity index (χ1v) is 14.0. The molecular weight excluding hydrogens is 512 g/mol. The molecule has 37 heavy (non-hydrogen) atoms. The summed E-state index contributed by atoms with van der Waals surface area (Å²) in [7, 11) is -4.17. The maximum absolute atomic E-state index is 14.2. The number of rotatable bonds is 7. The summed E-state index contributed by atoms with van der Waals surface area (Å²) in [5, 5.41) is 1.84. The van der Waals surface area contributed by atoms with Crippen molar-refractivity contribution in [3.8, 4) is 5.75 Å². The molecule has 1 unspecified atom stereocenters. The van der Waals surface area contributed by atoms with Gasteiger partial charge in [0.05, 0.1) is 17.0 Å². The zero-order chi connectivity index (χ0) is 27.1. The molecule has 0 saturated carbocycles. The van der Waals surface area contributed by atoms with Crippen LogP contribution in [0, 0.1) is 27.7 Å². The monoisotopic (exact) mass is 540 g/mol. The van der Waals surface area contributed by atoms with Crippen molar-refractivity contribution in [1.29, 1.82) is 0 Å². The topological polar surface area (TPSA) is 101 Å². The average molecular weight is 541 g/mol. The SMILES string of the molecule is CC(=O)Oc1ccc(N2C(=O)CC(N(Cc3cccs3)S(=O)(=O)c3c(C)c(C)cc(C)c3C)C2=O)cc1. The van der Waals surface area contributed by atoms with Crippen molar-refractivity contribution in [2.24, 2.45) is 0 Å². The molecule has 1 saturated heterocycles. The van der Waals surface area contributed by atoms with Crippen LogP contribution in [0.4, 0.5) is 5.69 Å². The van der Waals surface area contributed by atoms with E-state index in [4.69, 9.17) is 4.74 Å². The van der Waals surface area contributed by atoms with E-state index in [0.29, 0.717) is 11.1 Å². The van der Waals surface area contributed by atoms with Crippen molar-refractivity contribution >= 4 is 44.8 Å². The number of benzene rings is 2. The fraction of sp³-hybridized carbons (Fsp3) is 0.296. The molecule has 2 amide bonds. The number of aryl methyl sites for hydroxylation is 2. The van der Waals surface area contributed by atoms with Gasteiger partial charge in [0.15, 0.2) is 0 Å². The minimum atomic E-state index is -4.17. The third-order valence-corrected chi connectivity index (χ3v) is 9.57. The third kappa shape index (κ3) is 5.09. The molecule has 8 nitrogen and oxygen atoms in total. The number of carbonyl (C=O) groups excluding carboxylic acids is 3. The van der Waals surface area contributed by atoms with E-state index in [1.54, 1.807) is 19.9 Å². The Morgan fingerprint density at radius 1 is 1.05 bits per heavy atom. The number of carbonyl (C=O) groups is 3. The predicted molar refractivity (Wildman–Crippen MR) is 141 cm³/mol. The second kappa shape index (κ2) is 10.2. The van der Waals surface area contributed by atoms with Gasteiger partial charge in [0.1, 0.15) is 11.8 Å². The molecule has 0 spiro atoms. The van der Waals surface area contributed by atoms with Crippen LogP contribution < -0.4 is 9.64 Å². The van der Waals surface area contributed by atoms with Gasteiger partial charge < -0.3 is 4.74 Å². The quantitative estimate of drug-likeness (QED) is 0.250. The number of nitrogens with zero attached hydrogens (tertiary/aromatic N) is 2. The van der Waals surface area contributed by atoms with E-state index in [9.17, 15) is 22.8 Å². The lowest BCUT2D eigenvalue weighted by Crippen LogP contribution is -2.45. The van der Waals surface area contributed by atoms with E-state index >= 15 is 0 Å². The fourth-order valence-electron chi connectivity index (χ4n) is 4.55. The number of ether oxygens (including phenoxy) is 1. The molecule has 4 rings (SSSR count). The van der Waals surface area contributed by atoms with Crippen LogP contribution in [-0.4, -0.2) is 36.5 Å². The molecule has 1 fully saturated rings. The highest BCUT2D eigenvalue weighted by molar-refractivity contribution is 7.89. The molecule has 1 aliphatic rings. The Morgan fingerprint density at radius 2 is 1.68 bits per heavy atom. The molecule has 2 heterocycles. The highest BCUT2D eigenvalue weighted by Crippen LogP contribution is 2.35. The average Bonchev–Trinajstić information content (AvgIpc) is 3.44. The summed E-state index contributed by atoms with van der Waals surface area (Å²) < 4.78 is 34.7. The Hall–Kier alpha value is -3.34. The van der Waals surface area contributed by atoms with Gasteiger partial charge in [-0.05, 0) is 85.7 Å². The van der Waals surface area contributed by atoms with Crippen LogP contribution in [0.5, 0.6) is 5.75 Å². The molecule has 0 aliphatic carbocycles. The Labute approximate surface area is 220 Å². The van der Waals surface area contributed by atoms with Gasteiger partial charge in [-0.3, -0.25) is 14.4 Å². The fourth-order valence-corrected chi connectivity index (χ4v) is 7.47. The smallest absolute Gasteiger partial charge is 0.308 e. The van der Waals surface area contributed by atoms with Gasteiger partial charge in [0, 0.05) is 18.3 Å². The molecule has 1 aliphatic heterocycles. The van der Waals surface area contributed by atoms with Gasteiger partial charge in [-0.25, -0.2) is 13.3 Å². The Balaban J connectivity index is 1.77. The second-order valence-electron chi connectivity index (χ2n) is 9.09. The first kappa shape index (κ1) is 26.7. The predicted octanol–water partition coefficient (Wildman–Crippen LogP) is 4.43. The van der Waals surface area contributed by atoms with E-state index in [-0.39, 0.29) is 29.3 Å². The van der Waals surface area contributed by atoms with Crippen molar-refractivity contribution < 1.29 is 27.5 Å². The molecule has 1 atom stereocenters. The van der Waals surface area contributed by atoms with Crippen LogP contribution in [0.25, 0.3) is 0 Å². The molecule has 0 bridgehead atoms. The first-order valence-electron chi connectivity index (χ1n) is 11.7. The molecule has 0 N–H and O–H groups in total. The number of amides is 2. The molecule has 1 aromatic heterocycles. The number of thiophene rings is 1. The number of hydrogen-bond acceptors (Lipinski definition) is 7. The molecule has 10 heteroatoms. The Kier molecular flexibility index (Phi) is 7.36. The lowest BCUT2D eigenvalue weighted by molar-refractivity contribution is -0.132. The molecule has 3 aromatic rings. The van der Waals surface area contributed by atoms with Gasteiger partial charge in [-0.1, -0.05) is 12.1 Å². The maximum atomic E-state index is 14.2. The largest absolute Gasteiger partial charge is 0.427 e. The molecule has 194 valence electrons. The maximum Gasteiger partial charge on any atom is 0.308 e. The summed E-state index contributed by atoms with van der Waals surface area (Å²) in [4.78, 5) is 39.9. The molecule has 0 radical (unpaired) electrons. The van der Waals surface area contributed by atoms with Crippen LogP contribution in [0.15, 0.2) is 52.7 Å². The number of anilines is 1. The number of hydrogen-bond donors (Lipinski definition) is 0. The Morgan fingerprint density at radius 3 is 2.22 bits per heavy atom. The van der Waals surface area contributed by atoms with Crippen molar-refractivity contribution in [2.75, 3.05) is 4.90 Å². The lowest BCUT2D eigenvalue weighted by atomic mass is 10.0. The molecular formula is C27H28N2O6S2. The summed E-state index contributed by atoms with van der Waals surface area (Å²) >= 11 is 1.38. The van der Waals surface area contributed by atoms with E-state index < -0.39 is 33.8 Å². The van der Waals surface area contributed by atoms with Crippen molar-refractivity contribution in [3.63, 3.8) is 0 Å². The second-order valence-corrected chi connectivity index (χ2v) is 12.0. The summed E-state index contributed by atoms with van der Waals surface area (Å²) in [5.74, 6) is -1.34. The Bertz CT molecular complexity index is 1450. The van der Waals surface area contributed by atoms with E-state index in [1.165, 1.54) is 46.8 Å². The highest BCUT2D eigenvalue weighted by atomic mass is 32.2. The van der Waals surface area contributed by atoms with Crippen LogP contribution >= 0.6 is 11.3 Å². The standard InChI is InChI=1S/C27H28N2O6S2/c1-16-13-17(2)19(4)26(18(16)3)37(33,34)28(15-23-7-6-12-36-23)24-14-25(31)29(27(24)32)21-8-10-22(11-9-21)35-20(5)30/h6-13,24H,14-15H2,1-5H3. The number of esters is 1. The number of sulfonamides is 1. The van der Waals surface area contributed by atoms with Gasteiger partial charge in [0.2, 0.25) is 15.9 Å². The van der Waals surface area contributed by atoms with Crippen LogP contribution in [0.2, 0.25) is 0 Å². The number of imide groups is 1. The minimum absolute atomic E-state index is 0.0330. The summed E-state index contributed by atoms with van der Waals surface area (Å²) in [6.07, 6.45) is -0.280. The van der Waals surface area contributed by atoms with Gasteiger partial charge in [-0.15, -0.1) is 11.3 Å². The van der Waals surface area contributed by atoms with Crippen molar-refractivity contribution in [3.05, 3.63) is 75.0 Å². The van der Waals surface area contributed by atoms with Crippen LogP contribution in [0.3, 0.4) is 0 Å². The van der Waals surface area contributed by atoms with Crippen molar-refractivity contribution in [1.82, 2.24) is 4.31 Å².